The lowest BCUT2D eigenvalue weighted by Crippen LogP contribution is -2.49. The Kier molecular flexibility index (Phi) is 8.21. The largest absolute Gasteiger partial charge is 0.465 e. The van der Waals surface area contributed by atoms with Gasteiger partial charge in [-0.25, -0.2) is 0 Å². The summed E-state index contributed by atoms with van der Waals surface area (Å²) in [5, 5.41) is 0. The second kappa shape index (κ2) is 10.1. The van der Waals surface area contributed by atoms with E-state index in [4.69, 9.17) is 14.2 Å². The van der Waals surface area contributed by atoms with Crippen LogP contribution in [0.4, 0.5) is 0 Å². The van der Waals surface area contributed by atoms with Crippen molar-refractivity contribution in [1.29, 1.82) is 0 Å². The summed E-state index contributed by atoms with van der Waals surface area (Å²) in [5.41, 5.74) is -1.56. The molecule has 0 aromatic heterocycles. The van der Waals surface area contributed by atoms with Gasteiger partial charge in [0, 0.05) is 12.0 Å². The van der Waals surface area contributed by atoms with Gasteiger partial charge in [-0.3, -0.25) is 14.4 Å². The molecule has 0 unspecified atom stereocenters. The normalized spacial score (nSPS) is 10.2. The minimum absolute atomic E-state index is 0.00546. The van der Waals surface area contributed by atoms with Crippen molar-refractivity contribution in [3.05, 3.63) is 35.9 Å². The van der Waals surface area contributed by atoms with Crippen LogP contribution in [0.5, 0.6) is 0 Å². The first-order valence-electron chi connectivity index (χ1n) is 8.08. The Morgan fingerprint density at radius 2 is 1.28 bits per heavy atom. The lowest BCUT2D eigenvalue weighted by molar-refractivity contribution is -0.183. The highest BCUT2D eigenvalue weighted by molar-refractivity contribution is 6.18. The molecule has 0 amide bonds. The summed E-state index contributed by atoms with van der Waals surface area (Å²) >= 11 is 0. The summed E-state index contributed by atoms with van der Waals surface area (Å²) in [7, 11) is 0. The van der Waals surface area contributed by atoms with E-state index >= 15 is 0 Å². The molecule has 0 heterocycles. The van der Waals surface area contributed by atoms with E-state index in [2.05, 4.69) is 11.8 Å². The minimum atomic E-state index is -2.25. The SMILES string of the molecule is CCOC(=O)C(CC#Cc1ccccc1)(C(=O)OCC)C(=O)OCC. The molecule has 25 heavy (non-hydrogen) atoms. The molecule has 0 bridgehead atoms. The molecule has 0 saturated heterocycles. The predicted molar refractivity (Wildman–Crippen MR) is 90.3 cm³/mol. The van der Waals surface area contributed by atoms with E-state index in [1.54, 1.807) is 45.0 Å². The summed E-state index contributed by atoms with van der Waals surface area (Å²) in [6.07, 6.45) is -0.390. The number of ether oxygens (including phenoxy) is 3. The van der Waals surface area contributed by atoms with Crippen LogP contribution in [0.3, 0.4) is 0 Å². The standard InChI is InChI=1S/C19H22O6/c1-4-23-16(20)19(17(21)24-5-2,18(22)25-6-3)14-10-13-15-11-8-7-9-12-15/h7-9,11-12H,4-6,14H2,1-3H3. The van der Waals surface area contributed by atoms with Crippen LogP contribution in [0.2, 0.25) is 0 Å². The third-order valence-corrected chi connectivity index (χ3v) is 3.23. The number of carbonyl (C=O) groups excluding carboxylic acids is 3. The molecular weight excluding hydrogens is 324 g/mol. The Bertz CT molecular complexity index is 608. The maximum atomic E-state index is 12.4. The molecule has 0 aliphatic heterocycles. The fourth-order valence-electron chi connectivity index (χ4n) is 2.03. The summed E-state index contributed by atoms with van der Waals surface area (Å²) in [4.78, 5) is 37.3. The van der Waals surface area contributed by atoms with Gasteiger partial charge in [-0.2, -0.15) is 0 Å². The molecule has 1 aromatic rings. The first kappa shape index (κ1) is 20.2. The van der Waals surface area contributed by atoms with Crippen LogP contribution in [-0.2, 0) is 28.6 Å². The maximum Gasteiger partial charge on any atom is 0.336 e. The van der Waals surface area contributed by atoms with Gasteiger partial charge in [-0.05, 0) is 32.9 Å². The lowest BCUT2D eigenvalue weighted by Gasteiger charge is -2.25. The van der Waals surface area contributed by atoms with Gasteiger partial charge >= 0.3 is 17.9 Å². The molecule has 6 heteroatoms. The lowest BCUT2D eigenvalue weighted by atomic mass is 9.84. The second-order valence-electron chi connectivity index (χ2n) is 4.91. The first-order valence-corrected chi connectivity index (χ1v) is 8.08. The van der Waals surface area contributed by atoms with Crippen LogP contribution in [0.25, 0.3) is 0 Å². The third kappa shape index (κ3) is 5.08. The fourth-order valence-corrected chi connectivity index (χ4v) is 2.03. The molecule has 0 atom stereocenters. The van der Waals surface area contributed by atoms with Crippen LogP contribution in [0, 0.1) is 17.3 Å². The van der Waals surface area contributed by atoms with Crippen LogP contribution in [0.1, 0.15) is 32.8 Å². The molecule has 0 fully saturated rings. The first-order chi connectivity index (χ1) is 12.0. The van der Waals surface area contributed by atoms with E-state index in [9.17, 15) is 14.4 Å². The van der Waals surface area contributed by atoms with E-state index in [-0.39, 0.29) is 19.8 Å². The van der Waals surface area contributed by atoms with Crippen LogP contribution in [-0.4, -0.2) is 37.7 Å². The molecule has 1 rings (SSSR count). The molecular formula is C19H22O6. The fraction of sp³-hybridized carbons (Fsp3) is 0.421. The van der Waals surface area contributed by atoms with Gasteiger partial charge < -0.3 is 14.2 Å². The number of carbonyl (C=O) groups is 3. The van der Waals surface area contributed by atoms with Crippen molar-refractivity contribution in [3.63, 3.8) is 0 Å². The highest BCUT2D eigenvalue weighted by Crippen LogP contribution is 2.28. The van der Waals surface area contributed by atoms with Crippen molar-refractivity contribution < 1.29 is 28.6 Å². The minimum Gasteiger partial charge on any atom is -0.465 e. The molecule has 0 aliphatic carbocycles. The second-order valence-corrected chi connectivity index (χ2v) is 4.91. The van der Waals surface area contributed by atoms with Gasteiger partial charge in [-0.15, -0.1) is 0 Å². The number of hydrogen-bond donors (Lipinski definition) is 0. The van der Waals surface area contributed by atoms with Crippen LogP contribution < -0.4 is 0 Å². The van der Waals surface area contributed by atoms with Gasteiger partial charge in [-0.1, -0.05) is 30.0 Å². The Morgan fingerprint density at radius 1 is 0.840 bits per heavy atom. The van der Waals surface area contributed by atoms with Crippen LogP contribution >= 0.6 is 0 Å². The number of hydrogen-bond acceptors (Lipinski definition) is 6. The Balaban J connectivity index is 3.26. The van der Waals surface area contributed by atoms with E-state index in [1.165, 1.54) is 0 Å². The summed E-state index contributed by atoms with van der Waals surface area (Å²) in [6.45, 7) is 4.75. The summed E-state index contributed by atoms with van der Waals surface area (Å²) < 4.78 is 14.8. The third-order valence-electron chi connectivity index (χ3n) is 3.23. The van der Waals surface area contributed by atoms with E-state index in [1.807, 2.05) is 6.07 Å². The highest BCUT2D eigenvalue weighted by atomic mass is 16.6. The average Bonchev–Trinajstić information content (AvgIpc) is 2.60. The van der Waals surface area contributed by atoms with Gasteiger partial charge in [0.05, 0.1) is 19.8 Å². The van der Waals surface area contributed by atoms with Crippen LogP contribution in [0.15, 0.2) is 30.3 Å². The number of benzene rings is 1. The molecule has 1 aromatic carbocycles. The Morgan fingerprint density at radius 3 is 1.68 bits per heavy atom. The van der Waals surface area contributed by atoms with Crippen molar-refractivity contribution in [2.24, 2.45) is 5.41 Å². The molecule has 0 aliphatic rings. The summed E-state index contributed by atoms with van der Waals surface area (Å²) in [6, 6.07) is 8.99. The van der Waals surface area contributed by atoms with Crippen molar-refractivity contribution in [2.45, 2.75) is 27.2 Å². The monoisotopic (exact) mass is 346 g/mol. The average molecular weight is 346 g/mol. The Hall–Kier alpha value is -2.81. The zero-order valence-corrected chi connectivity index (χ0v) is 14.7. The topological polar surface area (TPSA) is 78.9 Å². The van der Waals surface area contributed by atoms with Gasteiger partial charge in [0.1, 0.15) is 0 Å². The van der Waals surface area contributed by atoms with E-state index in [0.29, 0.717) is 5.56 Å². The highest BCUT2D eigenvalue weighted by Gasteiger charge is 2.57. The van der Waals surface area contributed by atoms with Crippen molar-refractivity contribution >= 4 is 17.9 Å². The number of rotatable bonds is 7. The molecule has 0 spiro atoms. The quantitative estimate of drug-likeness (QED) is 0.326. The smallest absolute Gasteiger partial charge is 0.336 e. The molecule has 6 nitrogen and oxygen atoms in total. The van der Waals surface area contributed by atoms with Gasteiger partial charge in [0.25, 0.3) is 5.41 Å². The molecule has 0 saturated carbocycles. The molecule has 134 valence electrons. The zero-order chi connectivity index (χ0) is 18.7. The predicted octanol–water partition coefficient (Wildman–Crippen LogP) is 2.10. The van der Waals surface area contributed by atoms with Gasteiger partial charge in [0.2, 0.25) is 0 Å². The summed E-state index contributed by atoms with van der Waals surface area (Å²) in [5.74, 6) is 2.47. The zero-order valence-electron chi connectivity index (χ0n) is 14.7. The van der Waals surface area contributed by atoms with Crippen molar-refractivity contribution in [2.75, 3.05) is 19.8 Å². The number of esters is 3. The van der Waals surface area contributed by atoms with Crippen molar-refractivity contribution in [1.82, 2.24) is 0 Å². The maximum absolute atomic E-state index is 12.4. The van der Waals surface area contributed by atoms with Gasteiger partial charge in [0.15, 0.2) is 0 Å². The van der Waals surface area contributed by atoms with E-state index in [0.717, 1.165) is 0 Å². The molecule has 0 radical (unpaired) electrons. The van der Waals surface area contributed by atoms with E-state index < -0.39 is 29.7 Å². The van der Waals surface area contributed by atoms with Crippen molar-refractivity contribution in [3.8, 4) is 11.8 Å². The Labute approximate surface area is 147 Å². The molecule has 0 N–H and O–H groups in total.